The molecular weight excluding hydrogens is 322 g/mol. The van der Waals surface area contributed by atoms with Gasteiger partial charge in [-0.15, -0.1) is 5.11 Å². The van der Waals surface area contributed by atoms with E-state index in [2.05, 4.69) is 20.1 Å². The lowest BCUT2D eigenvalue weighted by Crippen LogP contribution is -2.27. The van der Waals surface area contributed by atoms with E-state index in [9.17, 15) is 8.42 Å². The van der Waals surface area contributed by atoms with Crippen LogP contribution in [0.15, 0.2) is 44.5 Å². The second-order valence-electron chi connectivity index (χ2n) is 4.46. The molecule has 0 saturated heterocycles. The summed E-state index contributed by atoms with van der Waals surface area (Å²) >= 11 is 1.40. The van der Waals surface area contributed by atoms with Crippen LogP contribution in [0.5, 0.6) is 0 Å². The van der Waals surface area contributed by atoms with Crippen LogP contribution in [-0.2, 0) is 10.0 Å². The Bertz CT molecular complexity index is 652. The molecule has 0 radical (unpaired) electrons. The Labute approximate surface area is 134 Å². The first-order valence-electron chi connectivity index (χ1n) is 7.02. The number of benzene rings is 1. The first kappa shape index (κ1) is 16.8. The summed E-state index contributed by atoms with van der Waals surface area (Å²) in [6, 6.07) is 6.29. The second kappa shape index (κ2) is 7.59. The standard InChI is InChI=1S/C13H19N5O2S2/c1-3-18(4-2)17-15-11-5-7-12(8-6-11)22(19,20)16-13-14-9-10-21-13/h5-8H,3-4,9-10H2,1-2H3,(H,14,16). The molecule has 0 saturated carbocycles. The molecule has 22 heavy (non-hydrogen) atoms. The van der Waals surface area contributed by atoms with Crippen molar-refractivity contribution in [1.29, 1.82) is 0 Å². The van der Waals surface area contributed by atoms with Gasteiger partial charge in [0.1, 0.15) is 0 Å². The lowest BCUT2D eigenvalue weighted by Gasteiger charge is -2.11. The first-order chi connectivity index (χ1) is 10.5. The highest BCUT2D eigenvalue weighted by Crippen LogP contribution is 2.18. The van der Waals surface area contributed by atoms with Crippen molar-refractivity contribution >= 4 is 32.6 Å². The number of amidine groups is 1. The summed E-state index contributed by atoms with van der Waals surface area (Å²) in [6.45, 7) is 6.18. The molecule has 1 aliphatic rings. The maximum Gasteiger partial charge on any atom is 0.263 e. The number of hydrogen-bond donors (Lipinski definition) is 1. The summed E-state index contributed by atoms with van der Waals surface area (Å²) in [7, 11) is -3.59. The summed E-state index contributed by atoms with van der Waals surface area (Å²) in [4.78, 5) is 4.27. The van der Waals surface area contributed by atoms with Gasteiger partial charge in [0, 0.05) is 18.8 Å². The monoisotopic (exact) mass is 341 g/mol. The Hall–Kier alpha value is -1.61. The van der Waals surface area contributed by atoms with E-state index in [0.29, 0.717) is 17.4 Å². The van der Waals surface area contributed by atoms with Gasteiger partial charge in [0.25, 0.3) is 10.0 Å². The Morgan fingerprint density at radius 1 is 1.27 bits per heavy atom. The van der Waals surface area contributed by atoms with E-state index in [0.717, 1.165) is 18.8 Å². The average Bonchev–Trinajstić information content (AvgIpc) is 3.01. The number of nitrogens with one attached hydrogen (secondary N) is 1. The van der Waals surface area contributed by atoms with Gasteiger partial charge < -0.3 is 0 Å². The van der Waals surface area contributed by atoms with Gasteiger partial charge in [-0.25, -0.2) is 8.42 Å². The van der Waals surface area contributed by atoms with Crippen LogP contribution in [0.25, 0.3) is 0 Å². The number of thioether (sulfide) groups is 1. The van der Waals surface area contributed by atoms with Crippen LogP contribution >= 0.6 is 11.8 Å². The molecule has 1 N–H and O–H groups in total. The van der Waals surface area contributed by atoms with Gasteiger partial charge in [0.2, 0.25) is 0 Å². The maximum atomic E-state index is 12.2. The Balaban J connectivity index is 2.07. The molecule has 120 valence electrons. The third kappa shape index (κ3) is 4.44. The van der Waals surface area contributed by atoms with Crippen LogP contribution in [0.1, 0.15) is 13.8 Å². The Morgan fingerprint density at radius 2 is 1.95 bits per heavy atom. The quantitative estimate of drug-likeness (QED) is 0.636. The van der Waals surface area contributed by atoms with Crippen LogP contribution in [0.2, 0.25) is 0 Å². The van der Waals surface area contributed by atoms with Gasteiger partial charge in [-0.2, -0.15) is 0 Å². The van der Waals surface area contributed by atoms with Gasteiger partial charge in [0.15, 0.2) is 5.17 Å². The Morgan fingerprint density at radius 3 is 2.50 bits per heavy atom. The number of rotatable bonds is 6. The molecule has 2 rings (SSSR count). The van der Waals surface area contributed by atoms with Crippen LogP contribution in [0, 0.1) is 0 Å². The number of hydrogen-bond acceptors (Lipinski definition) is 6. The first-order valence-corrected chi connectivity index (χ1v) is 9.48. The molecule has 1 aliphatic heterocycles. The second-order valence-corrected chi connectivity index (χ2v) is 7.23. The van der Waals surface area contributed by atoms with E-state index in [1.54, 1.807) is 12.1 Å². The molecule has 0 fully saturated rings. The molecule has 0 bridgehead atoms. The molecule has 1 heterocycles. The molecule has 9 heteroatoms. The minimum atomic E-state index is -3.59. The highest BCUT2D eigenvalue weighted by molar-refractivity contribution is 8.15. The fourth-order valence-corrected chi connectivity index (χ4v) is 3.76. The van der Waals surface area contributed by atoms with Gasteiger partial charge in [-0.1, -0.05) is 17.0 Å². The van der Waals surface area contributed by atoms with Gasteiger partial charge in [-0.05, 0) is 38.1 Å². The van der Waals surface area contributed by atoms with E-state index < -0.39 is 10.0 Å². The highest BCUT2D eigenvalue weighted by atomic mass is 32.2. The van der Waals surface area contributed by atoms with E-state index in [1.807, 2.05) is 18.9 Å². The smallest absolute Gasteiger partial charge is 0.263 e. The van der Waals surface area contributed by atoms with Crippen LogP contribution in [-0.4, -0.2) is 44.0 Å². The van der Waals surface area contributed by atoms with Crippen molar-refractivity contribution in [3.05, 3.63) is 24.3 Å². The summed E-state index contributed by atoms with van der Waals surface area (Å²) in [5.74, 6) is 0.808. The molecule has 0 spiro atoms. The largest absolute Gasteiger partial charge is 0.279 e. The zero-order valence-electron chi connectivity index (χ0n) is 12.6. The third-order valence-electron chi connectivity index (χ3n) is 2.97. The summed E-state index contributed by atoms with van der Waals surface area (Å²) in [5, 5.41) is 10.4. The minimum Gasteiger partial charge on any atom is -0.279 e. The van der Waals surface area contributed by atoms with Gasteiger partial charge in [0.05, 0.1) is 17.1 Å². The van der Waals surface area contributed by atoms with Crippen molar-refractivity contribution in [2.24, 2.45) is 15.3 Å². The SMILES string of the molecule is CCN(CC)N=Nc1ccc(S(=O)(=O)NC2=NCCS2)cc1. The van der Waals surface area contributed by atoms with Crippen molar-refractivity contribution < 1.29 is 8.42 Å². The lowest BCUT2D eigenvalue weighted by atomic mass is 10.3. The van der Waals surface area contributed by atoms with Crippen molar-refractivity contribution in [3.8, 4) is 0 Å². The number of nitrogens with zero attached hydrogens (tertiary/aromatic N) is 4. The predicted molar refractivity (Wildman–Crippen MR) is 89.0 cm³/mol. The molecule has 0 unspecified atom stereocenters. The zero-order valence-corrected chi connectivity index (χ0v) is 14.2. The topological polar surface area (TPSA) is 86.5 Å². The molecule has 0 aliphatic carbocycles. The highest BCUT2D eigenvalue weighted by Gasteiger charge is 2.18. The van der Waals surface area contributed by atoms with Gasteiger partial charge >= 0.3 is 0 Å². The van der Waals surface area contributed by atoms with E-state index in [-0.39, 0.29) is 4.90 Å². The van der Waals surface area contributed by atoms with Crippen LogP contribution in [0.3, 0.4) is 0 Å². The molecule has 0 amide bonds. The summed E-state index contributed by atoms with van der Waals surface area (Å²) in [6.07, 6.45) is 0. The van der Waals surface area contributed by atoms with Crippen molar-refractivity contribution in [2.75, 3.05) is 25.4 Å². The summed E-state index contributed by atoms with van der Waals surface area (Å²) < 4.78 is 26.9. The molecule has 1 aromatic carbocycles. The third-order valence-corrected chi connectivity index (χ3v) is 5.35. The fourth-order valence-electron chi connectivity index (χ4n) is 1.73. The summed E-state index contributed by atoms with van der Waals surface area (Å²) in [5.41, 5.74) is 0.610. The van der Waals surface area contributed by atoms with E-state index >= 15 is 0 Å². The van der Waals surface area contributed by atoms with Crippen molar-refractivity contribution in [3.63, 3.8) is 0 Å². The van der Waals surface area contributed by atoms with Gasteiger partial charge in [-0.3, -0.25) is 14.7 Å². The fraction of sp³-hybridized carbons (Fsp3) is 0.462. The molecule has 0 atom stereocenters. The van der Waals surface area contributed by atoms with E-state index in [1.165, 1.54) is 23.9 Å². The molecular formula is C13H19N5O2S2. The lowest BCUT2D eigenvalue weighted by molar-refractivity contribution is 0.300. The number of sulfonamides is 1. The average molecular weight is 341 g/mol. The number of aliphatic imine (C=N–C) groups is 1. The Kier molecular flexibility index (Phi) is 5.78. The normalized spacial score (nSPS) is 15.1. The molecule has 7 nitrogen and oxygen atoms in total. The van der Waals surface area contributed by atoms with Crippen molar-refractivity contribution in [1.82, 2.24) is 9.73 Å². The van der Waals surface area contributed by atoms with Crippen LogP contribution in [0.4, 0.5) is 5.69 Å². The van der Waals surface area contributed by atoms with Crippen molar-refractivity contribution in [2.45, 2.75) is 18.7 Å². The molecule has 0 aromatic heterocycles. The van der Waals surface area contributed by atoms with E-state index in [4.69, 9.17) is 0 Å². The predicted octanol–water partition coefficient (Wildman–Crippen LogP) is 2.41. The zero-order chi connectivity index (χ0) is 16.0. The minimum absolute atomic E-state index is 0.185. The molecule has 1 aromatic rings. The maximum absolute atomic E-state index is 12.2. The van der Waals surface area contributed by atoms with Crippen LogP contribution < -0.4 is 4.72 Å².